The van der Waals surface area contributed by atoms with Crippen LogP contribution in [-0.2, 0) is 6.54 Å². The molecule has 19 heavy (non-hydrogen) atoms. The first-order valence-electron chi connectivity index (χ1n) is 7.17. The van der Waals surface area contributed by atoms with Gasteiger partial charge in [-0.05, 0) is 51.6 Å². The van der Waals surface area contributed by atoms with E-state index < -0.39 is 0 Å². The summed E-state index contributed by atoms with van der Waals surface area (Å²) in [4.78, 5) is 0. The van der Waals surface area contributed by atoms with Crippen LogP contribution in [-0.4, -0.2) is 23.8 Å². The Bertz CT molecular complexity index is 516. The maximum atomic E-state index is 5.86. The zero-order valence-electron chi connectivity index (χ0n) is 12.1. The highest BCUT2D eigenvalue weighted by Gasteiger charge is 2.07. The van der Waals surface area contributed by atoms with Crippen LogP contribution in [0.1, 0.15) is 27.2 Å². The minimum Gasteiger partial charge on any atom is -0.490 e. The van der Waals surface area contributed by atoms with E-state index in [0.717, 1.165) is 31.8 Å². The molecule has 104 valence electrons. The first kappa shape index (κ1) is 13.9. The highest BCUT2D eigenvalue weighted by atomic mass is 16.5. The van der Waals surface area contributed by atoms with Crippen LogP contribution in [0.25, 0.3) is 10.9 Å². The Hall–Kier alpha value is -1.48. The number of aryl methyl sites for hydroxylation is 1. The van der Waals surface area contributed by atoms with Gasteiger partial charge in [0.25, 0.3) is 0 Å². The van der Waals surface area contributed by atoms with Gasteiger partial charge >= 0.3 is 0 Å². The van der Waals surface area contributed by atoms with Crippen LogP contribution in [0.15, 0.2) is 30.5 Å². The van der Waals surface area contributed by atoms with Crippen LogP contribution < -0.4 is 10.1 Å². The third-order valence-corrected chi connectivity index (χ3v) is 3.14. The van der Waals surface area contributed by atoms with Gasteiger partial charge in [-0.1, -0.05) is 13.0 Å². The predicted octanol–water partition coefficient (Wildman–Crippen LogP) is 3.43. The lowest BCUT2D eigenvalue weighted by molar-refractivity contribution is 0.245. The van der Waals surface area contributed by atoms with Crippen molar-refractivity contribution in [1.82, 2.24) is 9.88 Å². The number of nitrogens with one attached hydrogen (secondary N) is 1. The van der Waals surface area contributed by atoms with Gasteiger partial charge in [0.1, 0.15) is 5.75 Å². The van der Waals surface area contributed by atoms with Crippen LogP contribution in [0.4, 0.5) is 0 Å². The van der Waals surface area contributed by atoms with Gasteiger partial charge in [-0.2, -0.15) is 0 Å². The van der Waals surface area contributed by atoms with Crippen molar-refractivity contribution in [1.29, 1.82) is 0 Å². The molecular weight excluding hydrogens is 236 g/mol. The zero-order valence-corrected chi connectivity index (χ0v) is 12.1. The summed E-state index contributed by atoms with van der Waals surface area (Å²) in [5, 5.41) is 4.57. The summed E-state index contributed by atoms with van der Waals surface area (Å²) in [6, 6.07) is 8.43. The minimum atomic E-state index is 0.211. The second-order valence-corrected chi connectivity index (χ2v) is 5.07. The summed E-state index contributed by atoms with van der Waals surface area (Å²) in [5.41, 5.74) is 1.26. The van der Waals surface area contributed by atoms with Gasteiger partial charge in [-0.15, -0.1) is 0 Å². The van der Waals surface area contributed by atoms with Crippen molar-refractivity contribution in [2.75, 3.05) is 13.1 Å². The van der Waals surface area contributed by atoms with Crippen molar-refractivity contribution >= 4 is 10.9 Å². The molecule has 0 fully saturated rings. The van der Waals surface area contributed by atoms with Crippen LogP contribution in [0.3, 0.4) is 0 Å². The molecule has 2 rings (SSSR count). The molecule has 0 radical (unpaired) electrons. The molecule has 1 aromatic carbocycles. The van der Waals surface area contributed by atoms with E-state index in [1.165, 1.54) is 10.9 Å². The zero-order chi connectivity index (χ0) is 13.7. The fraction of sp³-hybridized carbons (Fsp3) is 0.500. The van der Waals surface area contributed by atoms with Crippen molar-refractivity contribution < 1.29 is 4.74 Å². The number of aromatic nitrogens is 1. The molecule has 0 aliphatic carbocycles. The van der Waals surface area contributed by atoms with Gasteiger partial charge in [0.05, 0.1) is 11.6 Å². The Labute approximate surface area is 115 Å². The van der Waals surface area contributed by atoms with Crippen molar-refractivity contribution in [3.63, 3.8) is 0 Å². The molecular formula is C16H24N2O. The van der Waals surface area contributed by atoms with E-state index in [1.807, 2.05) is 6.07 Å². The molecule has 0 amide bonds. The summed E-state index contributed by atoms with van der Waals surface area (Å²) >= 11 is 0. The molecule has 0 bridgehead atoms. The van der Waals surface area contributed by atoms with Gasteiger partial charge in [0.2, 0.25) is 0 Å². The van der Waals surface area contributed by atoms with Gasteiger partial charge in [-0.25, -0.2) is 0 Å². The van der Waals surface area contributed by atoms with E-state index in [2.05, 4.69) is 55.1 Å². The van der Waals surface area contributed by atoms with E-state index in [9.17, 15) is 0 Å². The molecule has 1 heterocycles. The molecule has 0 aliphatic heterocycles. The molecule has 3 heteroatoms. The quantitative estimate of drug-likeness (QED) is 0.772. The monoisotopic (exact) mass is 260 g/mol. The lowest BCUT2D eigenvalue weighted by atomic mass is 10.2. The topological polar surface area (TPSA) is 26.2 Å². The Morgan fingerprint density at radius 1 is 1.26 bits per heavy atom. The van der Waals surface area contributed by atoms with Crippen molar-refractivity contribution in [2.24, 2.45) is 0 Å². The number of fused-ring (bicyclic) bond motifs is 1. The Kier molecular flexibility index (Phi) is 4.86. The van der Waals surface area contributed by atoms with Gasteiger partial charge < -0.3 is 14.6 Å². The summed E-state index contributed by atoms with van der Waals surface area (Å²) in [6.45, 7) is 9.41. The molecule has 3 nitrogen and oxygen atoms in total. The van der Waals surface area contributed by atoms with Gasteiger partial charge in [0.15, 0.2) is 0 Å². The summed E-state index contributed by atoms with van der Waals surface area (Å²) in [7, 11) is 0. The van der Waals surface area contributed by atoms with Crippen LogP contribution in [0.5, 0.6) is 5.75 Å². The standard InChI is InChI=1S/C16H24N2O/c1-4-17-10-6-11-18-12-9-14-15(18)7-5-8-16(14)19-13(2)3/h5,7-9,12-13,17H,4,6,10-11H2,1-3H3. The lowest BCUT2D eigenvalue weighted by Crippen LogP contribution is -2.15. The van der Waals surface area contributed by atoms with Crippen LogP contribution in [0.2, 0.25) is 0 Å². The molecule has 2 aromatic rings. The minimum absolute atomic E-state index is 0.211. The normalized spacial score (nSPS) is 11.4. The SMILES string of the molecule is CCNCCCn1ccc2c(OC(C)C)cccc21. The van der Waals surface area contributed by atoms with E-state index >= 15 is 0 Å². The predicted molar refractivity (Wildman–Crippen MR) is 80.9 cm³/mol. The van der Waals surface area contributed by atoms with E-state index in [1.54, 1.807) is 0 Å². The Morgan fingerprint density at radius 3 is 2.84 bits per heavy atom. The largest absolute Gasteiger partial charge is 0.490 e. The number of benzene rings is 1. The van der Waals surface area contributed by atoms with Crippen molar-refractivity contribution in [3.8, 4) is 5.75 Å². The third-order valence-electron chi connectivity index (χ3n) is 3.14. The average Bonchev–Trinajstić information content (AvgIpc) is 2.79. The highest BCUT2D eigenvalue weighted by molar-refractivity contribution is 5.86. The van der Waals surface area contributed by atoms with Crippen molar-refractivity contribution in [2.45, 2.75) is 39.8 Å². The number of rotatable bonds is 7. The molecule has 1 N–H and O–H groups in total. The Morgan fingerprint density at radius 2 is 2.11 bits per heavy atom. The second kappa shape index (κ2) is 6.62. The van der Waals surface area contributed by atoms with Crippen LogP contribution >= 0.6 is 0 Å². The fourth-order valence-electron chi connectivity index (χ4n) is 2.30. The smallest absolute Gasteiger partial charge is 0.129 e. The molecule has 0 saturated carbocycles. The molecule has 0 saturated heterocycles. The summed E-state index contributed by atoms with van der Waals surface area (Å²) < 4.78 is 8.16. The first-order valence-corrected chi connectivity index (χ1v) is 7.17. The lowest BCUT2D eigenvalue weighted by Gasteiger charge is -2.11. The number of ether oxygens (including phenoxy) is 1. The van der Waals surface area contributed by atoms with E-state index in [0.29, 0.717) is 0 Å². The molecule has 0 atom stereocenters. The molecule has 0 spiro atoms. The molecule has 0 unspecified atom stereocenters. The number of nitrogens with zero attached hydrogens (tertiary/aromatic N) is 1. The van der Waals surface area contributed by atoms with Gasteiger partial charge in [0, 0.05) is 18.1 Å². The highest BCUT2D eigenvalue weighted by Crippen LogP contribution is 2.27. The van der Waals surface area contributed by atoms with Crippen LogP contribution in [0, 0.1) is 0 Å². The maximum absolute atomic E-state index is 5.86. The fourth-order valence-corrected chi connectivity index (χ4v) is 2.30. The van der Waals surface area contributed by atoms with Gasteiger partial charge in [-0.3, -0.25) is 0 Å². The first-order chi connectivity index (χ1) is 9.22. The van der Waals surface area contributed by atoms with E-state index in [4.69, 9.17) is 4.74 Å². The van der Waals surface area contributed by atoms with Crippen molar-refractivity contribution in [3.05, 3.63) is 30.5 Å². The molecule has 1 aromatic heterocycles. The number of hydrogen-bond acceptors (Lipinski definition) is 2. The summed E-state index contributed by atoms with van der Waals surface area (Å²) in [5.74, 6) is 0.984. The average molecular weight is 260 g/mol. The Balaban J connectivity index is 2.14. The van der Waals surface area contributed by atoms with E-state index in [-0.39, 0.29) is 6.10 Å². The second-order valence-electron chi connectivity index (χ2n) is 5.07. The molecule has 0 aliphatic rings. The third kappa shape index (κ3) is 3.51. The maximum Gasteiger partial charge on any atom is 0.129 e. The summed E-state index contributed by atoms with van der Waals surface area (Å²) in [6.07, 6.45) is 3.51. The number of hydrogen-bond donors (Lipinski definition) is 1.